The smallest absolute Gasteiger partial charge is 0.0468 e. The number of hydrogen-bond acceptors (Lipinski definition) is 1. The summed E-state index contributed by atoms with van der Waals surface area (Å²) in [6.45, 7) is 5.17. The van der Waals surface area contributed by atoms with E-state index >= 15 is 0 Å². The van der Waals surface area contributed by atoms with E-state index in [9.17, 15) is 5.11 Å². The van der Waals surface area contributed by atoms with Crippen molar-refractivity contribution in [1.82, 2.24) is 0 Å². The maximum atomic E-state index is 10.2. The highest BCUT2D eigenvalue weighted by Crippen LogP contribution is 2.66. The van der Waals surface area contributed by atoms with Crippen molar-refractivity contribution in [3.63, 3.8) is 0 Å². The molecule has 0 aromatic heterocycles. The van der Waals surface area contributed by atoms with Gasteiger partial charge in [0.1, 0.15) is 0 Å². The fraction of sp³-hybridized carbons (Fsp3) is 0.455. The molecule has 0 spiro atoms. The highest BCUT2D eigenvalue weighted by Gasteiger charge is 2.58. The van der Waals surface area contributed by atoms with E-state index in [2.05, 4.69) is 74.5 Å². The minimum atomic E-state index is -0.412. The summed E-state index contributed by atoms with van der Waals surface area (Å²) >= 11 is 0. The Kier molecular flexibility index (Phi) is 4.27. The quantitative estimate of drug-likeness (QED) is 0.830. The molecule has 0 saturated heterocycles. The number of benzene rings is 2. The van der Waals surface area contributed by atoms with E-state index in [0.717, 1.165) is 5.92 Å². The van der Waals surface area contributed by atoms with Gasteiger partial charge in [-0.1, -0.05) is 74.5 Å². The van der Waals surface area contributed by atoms with Crippen molar-refractivity contribution in [2.24, 2.45) is 23.2 Å². The molecule has 3 aliphatic carbocycles. The van der Waals surface area contributed by atoms with Crippen LogP contribution in [0.25, 0.3) is 0 Å². The minimum absolute atomic E-state index is 0.337. The van der Waals surface area contributed by atoms with E-state index in [4.69, 9.17) is 0 Å². The summed E-state index contributed by atoms with van der Waals surface area (Å²) in [4.78, 5) is 0. The monoisotopic (exact) mass is 338 g/mol. The van der Waals surface area contributed by atoms with Crippen LogP contribution < -0.4 is 10.6 Å². The Bertz CT molecular complexity index is 642. The summed E-state index contributed by atoms with van der Waals surface area (Å²) in [5.41, 5.74) is 1.02. The highest BCUT2D eigenvalue weighted by atomic mass is 31.1. The Morgan fingerprint density at radius 1 is 0.917 bits per heavy atom. The SMILES string of the molecule is CC1(C)C2CC1[C@H](CO)[C@H](P(c1ccccc1)c1ccccc1)C2. The second-order valence-corrected chi connectivity index (χ2v) is 10.5. The molecule has 5 rings (SSSR count). The normalized spacial score (nSPS) is 30.8. The van der Waals surface area contributed by atoms with Gasteiger partial charge in [-0.05, 0) is 60.2 Å². The third-order valence-electron chi connectivity index (χ3n) is 6.69. The lowest BCUT2D eigenvalue weighted by Gasteiger charge is -2.63. The van der Waals surface area contributed by atoms with Crippen LogP contribution in [0.4, 0.5) is 0 Å². The van der Waals surface area contributed by atoms with Gasteiger partial charge in [-0.25, -0.2) is 0 Å². The fourth-order valence-electron chi connectivity index (χ4n) is 5.17. The van der Waals surface area contributed by atoms with Crippen LogP contribution >= 0.6 is 7.92 Å². The first-order valence-electron chi connectivity index (χ1n) is 9.13. The number of aliphatic hydroxyl groups is 1. The largest absolute Gasteiger partial charge is 0.396 e. The van der Waals surface area contributed by atoms with Gasteiger partial charge in [0.15, 0.2) is 0 Å². The average molecular weight is 338 g/mol. The van der Waals surface area contributed by atoms with Crippen molar-refractivity contribution >= 4 is 18.5 Å². The molecular formula is C22H27OP. The van der Waals surface area contributed by atoms with Crippen molar-refractivity contribution in [3.8, 4) is 0 Å². The Balaban J connectivity index is 1.75. The van der Waals surface area contributed by atoms with Crippen LogP contribution in [0, 0.1) is 23.2 Å². The van der Waals surface area contributed by atoms with Gasteiger partial charge in [0, 0.05) is 6.61 Å². The molecule has 0 amide bonds. The van der Waals surface area contributed by atoms with E-state index in [-0.39, 0.29) is 0 Å². The van der Waals surface area contributed by atoms with Gasteiger partial charge >= 0.3 is 0 Å². The predicted molar refractivity (Wildman–Crippen MR) is 103 cm³/mol. The molecule has 4 atom stereocenters. The molecule has 126 valence electrons. The van der Waals surface area contributed by atoms with Crippen LogP contribution in [0.5, 0.6) is 0 Å². The summed E-state index contributed by atoms with van der Waals surface area (Å²) in [6, 6.07) is 22.0. The van der Waals surface area contributed by atoms with E-state index in [1.54, 1.807) is 0 Å². The summed E-state index contributed by atoms with van der Waals surface area (Å²) in [6.07, 6.45) is 2.59. The Labute approximate surface area is 146 Å². The zero-order chi connectivity index (χ0) is 16.7. The third-order valence-corrected chi connectivity index (χ3v) is 9.66. The lowest BCUT2D eigenvalue weighted by molar-refractivity contribution is -0.113. The number of aliphatic hydroxyl groups excluding tert-OH is 1. The molecular weight excluding hydrogens is 311 g/mol. The minimum Gasteiger partial charge on any atom is -0.396 e. The standard InChI is InChI=1S/C22H27OP/c1-22(2)16-13-20(22)19(15-23)21(14-16)24(17-9-5-3-6-10-17)18-11-7-4-8-12-18/h3-12,16,19-21,23H,13-15H2,1-2H3/t16?,19-,20?,21+/m0/s1. The lowest BCUT2D eigenvalue weighted by Crippen LogP contribution is -2.58. The number of fused-ring (bicyclic) bond motifs is 2. The Hall–Kier alpha value is -1.17. The topological polar surface area (TPSA) is 20.2 Å². The van der Waals surface area contributed by atoms with Gasteiger partial charge < -0.3 is 5.11 Å². The van der Waals surface area contributed by atoms with Crippen LogP contribution in [0.15, 0.2) is 60.7 Å². The van der Waals surface area contributed by atoms with E-state index in [0.29, 0.717) is 29.5 Å². The van der Waals surface area contributed by atoms with Gasteiger partial charge in [0.2, 0.25) is 0 Å². The van der Waals surface area contributed by atoms with Crippen LogP contribution in [0.1, 0.15) is 26.7 Å². The van der Waals surface area contributed by atoms with Crippen molar-refractivity contribution in [1.29, 1.82) is 0 Å². The Morgan fingerprint density at radius 2 is 1.46 bits per heavy atom. The Morgan fingerprint density at radius 3 is 1.92 bits per heavy atom. The molecule has 2 bridgehead atoms. The molecule has 3 aliphatic rings. The van der Waals surface area contributed by atoms with Crippen molar-refractivity contribution in [2.45, 2.75) is 32.3 Å². The lowest BCUT2D eigenvalue weighted by atomic mass is 9.45. The molecule has 0 radical (unpaired) electrons. The second kappa shape index (κ2) is 6.28. The number of rotatable bonds is 4. The van der Waals surface area contributed by atoms with Crippen LogP contribution in [0.2, 0.25) is 0 Å². The number of hydrogen-bond donors (Lipinski definition) is 1. The van der Waals surface area contributed by atoms with Crippen molar-refractivity contribution in [2.75, 3.05) is 6.61 Å². The van der Waals surface area contributed by atoms with Crippen molar-refractivity contribution < 1.29 is 5.11 Å². The van der Waals surface area contributed by atoms with Crippen LogP contribution in [-0.4, -0.2) is 17.4 Å². The maximum absolute atomic E-state index is 10.2. The molecule has 2 aromatic carbocycles. The first-order chi connectivity index (χ1) is 11.6. The molecule has 0 heterocycles. The zero-order valence-corrected chi connectivity index (χ0v) is 15.5. The van der Waals surface area contributed by atoms with E-state index in [1.165, 1.54) is 23.5 Å². The first-order valence-corrected chi connectivity index (χ1v) is 10.5. The van der Waals surface area contributed by atoms with Crippen LogP contribution in [-0.2, 0) is 0 Å². The molecule has 1 nitrogen and oxygen atoms in total. The summed E-state index contributed by atoms with van der Waals surface area (Å²) in [5.74, 6) is 1.95. The average Bonchev–Trinajstić information content (AvgIpc) is 2.63. The predicted octanol–water partition coefficient (Wildman–Crippen LogP) is 4.16. The van der Waals surface area contributed by atoms with Gasteiger partial charge in [0.25, 0.3) is 0 Å². The molecule has 3 saturated carbocycles. The van der Waals surface area contributed by atoms with E-state index < -0.39 is 7.92 Å². The third kappa shape index (κ3) is 2.54. The molecule has 2 heteroatoms. The summed E-state index contributed by atoms with van der Waals surface area (Å²) in [7, 11) is -0.412. The van der Waals surface area contributed by atoms with Crippen molar-refractivity contribution in [3.05, 3.63) is 60.7 Å². The summed E-state index contributed by atoms with van der Waals surface area (Å²) in [5, 5.41) is 13.2. The van der Waals surface area contributed by atoms with Gasteiger partial charge in [0.05, 0.1) is 0 Å². The van der Waals surface area contributed by atoms with Gasteiger partial charge in [-0.2, -0.15) is 0 Å². The summed E-state index contributed by atoms with van der Waals surface area (Å²) < 4.78 is 0. The maximum Gasteiger partial charge on any atom is 0.0468 e. The molecule has 3 fully saturated rings. The van der Waals surface area contributed by atoms with E-state index in [1.807, 2.05) is 0 Å². The molecule has 1 N–H and O–H groups in total. The van der Waals surface area contributed by atoms with Crippen LogP contribution in [0.3, 0.4) is 0 Å². The zero-order valence-electron chi connectivity index (χ0n) is 14.6. The fourth-order valence-corrected chi connectivity index (χ4v) is 8.37. The second-order valence-electron chi connectivity index (χ2n) is 8.05. The van der Waals surface area contributed by atoms with Gasteiger partial charge in [-0.15, -0.1) is 0 Å². The highest BCUT2D eigenvalue weighted by molar-refractivity contribution is 7.73. The van der Waals surface area contributed by atoms with Gasteiger partial charge in [-0.3, -0.25) is 0 Å². The molecule has 2 unspecified atom stereocenters. The molecule has 24 heavy (non-hydrogen) atoms. The first kappa shape index (κ1) is 16.3. The molecule has 0 aliphatic heterocycles. The molecule has 2 aromatic rings.